The van der Waals surface area contributed by atoms with E-state index in [1.807, 2.05) is 19.2 Å². The highest BCUT2D eigenvalue weighted by molar-refractivity contribution is 9.10. The number of aliphatic hydroxyl groups excluding tert-OH is 1. The monoisotopic (exact) mass is 326 g/mol. The predicted octanol–water partition coefficient (Wildman–Crippen LogP) is 1.92. The van der Waals surface area contributed by atoms with Crippen molar-refractivity contribution < 1.29 is 9.90 Å². The van der Waals surface area contributed by atoms with Crippen LogP contribution in [0, 0.1) is 12.8 Å². The van der Waals surface area contributed by atoms with Crippen LogP contribution in [0.2, 0.25) is 0 Å². The second-order valence-corrected chi connectivity index (χ2v) is 6.00. The Bertz CT molecular complexity index is 445. The van der Waals surface area contributed by atoms with Gasteiger partial charge in [-0.25, -0.2) is 4.98 Å². The second-order valence-electron chi connectivity index (χ2n) is 5.18. The Morgan fingerprint density at radius 3 is 2.89 bits per heavy atom. The predicted molar refractivity (Wildman–Crippen MR) is 76.7 cm³/mol. The average molecular weight is 327 g/mol. The highest BCUT2D eigenvalue weighted by Gasteiger charge is 2.25. The second kappa shape index (κ2) is 6.48. The molecule has 1 aromatic rings. The number of amides is 1. The van der Waals surface area contributed by atoms with Gasteiger partial charge >= 0.3 is 0 Å². The lowest BCUT2D eigenvalue weighted by atomic mass is 9.87. The molecule has 2 rings (SSSR count). The lowest BCUT2D eigenvalue weighted by molar-refractivity contribution is -0.119. The van der Waals surface area contributed by atoms with E-state index in [4.69, 9.17) is 0 Å². The Balaban J connectivity index is 1.95. The van der Waals surface area contributed by atoms with E-state index in [9.17, 15) is 9.90 Å². The zero-order valence-corrected chi connectivity index (χ0v) is 12.6. The van der Waals surface area contributed by atoms with Gasteiger partial charge in [0.1, 0.15) is 4.60 Å². The van der Waals surface area contributed by atoms with Crippen LogP contribution in [0.4, 0.5) is 0 Å². The molecule has 5 heteroatoms. The topological polar surface area (TPSA) is 53.4 Å². The van der Waals surface area contributed by atoms with Crippen LogP contribution < -0.4 is 0 Å². The number of aryl methyl sites for hydroxylation is 1. The summed E-state index contributed by atoms with van der Waals surface area (Å²) in [5, 5.41) is 10.4. The molecular formula is C14H19BrN2O2. The Hall–Kier alpha value is -0.940. The van der Waals surface area contributed by atoms with Crippen LogP contribution in [0.15, 0.2) is 16.9 Å². The molecule has 19 heavy (non-hydrogen) atoms. The minimum absolute atomic E-state index is 0.280. The number of hydrogen-bond donors (Lipinski definition) is 1. The fourth-order valence-electron chi connectivity index (χ4n) is 2.56. The van der Waals surface area contributed by atoms with Gasteiger partial charge in [-0.2, -0.15) is 0 Å². The van der Waals surface area contributed by atoms with Gasteiger partial charge in [0.2, 0.25) is 6.41 Å². The third-order valence-corrected chi connectivity index (χ3v) is 4.31. The van der Waals surface area contributed by atoms with Crippen molar-refractivity contribution in [2.75, 3.05) is 13.1 Å². The van der Waals surface area contributed by atoms with Crippen molar-refractivity contribution in [3.63, 3.8) is 0 Å². The summed E-state index contributed by atoms with van der Waals surface area (Å²) in [7, 11) is 0. The summed E-state index contributed by atoms with van der Waals surface area (Å²) in [5.74, 6) is 0.280. The van der Waals surface area contributed by atoms with Crippen LogP contribution >= 0.6 is 15.9 Å². The van der Waals surface area contributed by atoms with Crippen LogP contribution in [0.3, 0.4) is 0 Å². The first kappa shape index (κ1) is 14.5. The summed E-state index contributed by atoms with van der Waals surface area (Å²) < 4.78 is 0.802. The number of carbonyl (C=O) groups is 1. The van der Waals surface area contributed by atoms with Crippen LogP contribution in [-0.4, -0.2) is 40.6 Å². The molecule has 1 aliphatic heterocycles. The molecule has 1 amide bonds. The summed E-state index contributed by atoms with van der Waals surface area (Å²) >= 11 is 3.36. The average Bonchev–Trinajstić information content (AvgIpc) is 2.43. The van der Waals surface area contributed by atoms with Gasteiger partial charge in [0.25, 0.3) is 0 Å². The standard InChI is InChI=1S/C14H19BrN2O2/c1-10-8-16-14(15)7-12(10)6-13(19)11-2-4-17(9-18)5-3-11/h7-9,11,13,19H,2-6H2,1H3. The minimum atomic E-state index is -0.346. The highest BCUT2D eigenvalue weighted by atomic mass is 79.9. The Kier molecular flexibility index (Phi) is 4.93. The molecular weight excluding hydrogens is 308 g/mol. The van der Waals surface area contributed by atoms with Crippen LogP contribution in [-0.2, 0) is 11.2 Å². The molecule has 0 radical (unpaired) electrons. The van der Waals surface area contributed by atoms with E-state index < -0.39 is 0 Å². The SMILES string of the molecule is Cc1cnc(Br)cc1CC(O)C1CCN(C=O)CC1. The summed E-state index contributed by atoms with van der Waals surface area (Å²) in [5.41, 5.74) is 2.24. The molecule has 1 N–H and O–H groups in total. The van der Waals surface area contributed by atoms with Crippen LogP contribution in [0.1, 0.15) is 24.0 Å². The van der Waals surface area contributed by atoms with Crippen molar-refractivity contribution in [1.82, 2.24) is 9.88 Å². The number of hydrogen-bond acceptors (Lipinski definition) is 3. The van der Waals surface area contributed by atoms with E-state index in [0.29, 0.717) is 6.42 Å². The first-order valence-electron chi connectivity index (χ1n) is 6.58. The van der Waals surface area contributed by atoms with Crippen molar-refractivity contribution in [2.24, 2.45) is 5.92 Å². The third kappa shape index (κ3) is 3.76. The first-order valence-corrected chi connectivity index (χ1v) is 7.38. The summed E-state index contributed by atoms with van der Waals surface area (Å²) in [4.78, 5) is 16.6. The highest BCUT2D eigenvalue weighted by Crippen LogP contribution is 2.24. The van der Waals surface area contributed by atoms with Crippen LogP contribution in [0.25, 0.3) is 0 Å². The number of carbonyl (C=O) groups excluding carboxylic acids is 1. The normalized spacial score (nSPS) is 18.4. The molecule has 1 aromatic heterocycles. The molecule has 1 atom stereocenters. The van der Waals surface area contributed by atoms with Crippen LogP contribution in [0.5, 0.6) is 0 Å². The number of pyridine rings is 1. The summed E-state index contributed by atoms with van der Waals surface area (Å²) in [6, 6.07) is 1.97. The molecule has 1 saturated heterocycles. The smallest absolute Gasteiger partial charge is 0.209 e. The van der Waals surface area contributed by atoms with Gasteiger partial charge in [-0.1, -0.05) is 0 Å². The maximum atomic E-state index is 10.7. The van der Waals surface area contributed by atoms with E-state index in [1.54, 1.807) is 4.90 Å². The molecule has 0 spiro atoms. The van der Waals surface area contributed by atoms with Crippen molar-refractivity contribution in [3.8, 4) is 0 Å². The zero-order chi connectivity index (χ0) is 13.8. The van der Waals surface area contributed by atoms with E-state index in [-0.39, 0.29) is 12.0 Å². The minimum Gasteiger partial charge on any atom is -0.392 e. The number of likely N-dealkylation sites (tertiary alicyclic amines) is 1. The fraction of sp³-hybridized carbons (Fsp3) is 0.571. The molecule has 4 nitrogen and oxygen atoms in total. The lowest BCUT2D eigenvalue weighted by Gasteiger charge is -2.32. The third-order valence-electron chi connectivity index (χ3n) is 3.88. The van der Waals surface area contributed by atoms with Crippen molar-refractivity contribution >= 4 is 22.3 Å². The van der Waals surface area contributed by atoms with E-state index in [2.05, 4.69) is 20.9 Å². The van der Waals surface area contributed by atoms with Crippen molar-refractivity contribution in [3.05, 3.63) is 28.0 Å². The number of aromatic nitrogens is 1. The van der Waals surface area contributed by atoms with Gasteiger partial charge in [-0.15, -0.1) is 0 Å². The van der Waals surface area contributed by atoms with E-state index >= 15 is 0 Å². The van der Waals surface area contributed by atoms with Gasteiger partial charge in [-0.3, -0.25) is 4.79 Å². The number of rotatable bonds is 4. The molecule has 104 valence electrons. The van der Waals surface area contributed by atoms with Gasteiger partial charge in [0, 0.05) is 19.3 Å². The van der Waals surface area contributed by atoms with Gasteiger partial charge in [0.15, 0.2) is 0 Å². The van der Waals surface area contributed by atoms with Gasteiger partial charge in [0.05, 0.1) is 6.10 Å². The number of piperidine rings is 1. The largest absolute Gasteiger partial charge is 0.392 e. The first-order chi connectivity index (χ1) is 9.10. The number of aliphatic hydroxyl groups is 1. The Morgan fingerprint density at radius 2 is 2.26 bits per heavy atom. The van der Waals surface area contributed by atoms with Crippen molar-refractivity contribution in [1.29, 1.82) is 0 Å². The molecule has 0 saturated carbocycles. The van der Waals surface area contributed by atoms with Gasteiger partial charge < -0.3 is 10.0 Å². The lowest BCUT2D eigenvalue weighted by Crippen LogP contribution is -2.37. The van der Waals surface area contributed by atoms with E-state index in [0.717, 1.165) is 48.1 Å². The zero-order valence-electron chi connectivity index (χ0n) is 11.1. The van der Waals surface area contributed by atoms with Gasteiger partial charge in [-0.05, 0) is 65.2 Å². The van der Waals surface area contributed by atoms with Crippen molar-refractivity contribution in [2.45, 2.75) is 32.3 Å². The molecule has 1 fully saturated rings. The molecule has 1 aliphatic rings. The summed E-state index contributed by atoms with van der Waals surface area (Å²) in [6.07, 6.45) is 4.78. The molecule has 1 unspecified atom stereocenters. The number of nitrogens with zero attached hydrogens (tertiary/aromatic N) is 2. The maximum Gasteiger partial charge on any atom is 0.209 e. The molecule has 0 aromatic carbocycles. The fourth-order valence-corrected chi connectivity index (χ4v) is 2.94. The Morgan fingerprint density at radius 1 is 1.58 bits per heavy atom. The maximum absolute atomic E-state index is 10.7. The number of halogens is 1. The molecule has 0 bridgehead atoms. The quantitative estimate of drug-likeness (QED) is 0.679. The van der Waals surface area contributed by atoms with E-state index in [1.165, 1.54) is 0 Å². The Labute approximate surface area is 122 Å². The summed E-state index contributed by atoms with van der Waals surface area (Å²) in [6.45, 7) is 3.52. The molecule has 0 aliphatic carbocycles. The molecule has 2 heterocycles.